The van der Waals surface area contributed by atoms with Crippen molar-refractivity contribution in [2.24, 2.45) is 4.99 Å². The number of halogens is 2. The van der Waals surface area contributed by atoms with Gasteiger partial charge in [-0.2, -0.15) is 4.68 Å². The highest BCUT2D eigenvalue weighted by atomic mass is 31.2. The molecule has 1 atom stereocenters. The number of fused-ring (bicyclic) bond motifs is 1. The first-order chi connectivity index (χ1) is 17.5. The molecule has 3 aromatic rings. The van der Waals surface area contributed by atoms with Crippen molar-refractivity contribution in [2.45, 2.75) is 13.0 Å². The first-order valence-electron chi connectivity index (χ1n) is 10.4. The number of aliphatic imine (C=N–C) groups is 1. The predicted molar refractivity (Wildman–Crippen MR) is 126 cm³/mol. The lowest BCUT2D eigenvalue weighted by Gasteiger charge is -2.13. The molecule has 0 fully saturated rings. The highest BCUT2D eigenvalue weighted by Gasteiger charge is 2.21. The summed E-state index contributed by atoms with van der Waals surface area (Å²) in [5, 5.41) is 9.74. The highest BCUT2D eigenvalue weighted by molar-refractivity contribution is 7.46. The number of phosphoric ester groups is 1. The van der Waals surface area contributed by atoms with Crippen LogP contribution in [0.25, 0.3) is 10.9 Å². The number of hydrogen-bond acceptors (Lipinski definition) is 8. The zero-order valence-electron chi connectivity index (χ0n) is 19.4. The second-order valence-corrected chi connectivity index (χ2v) is 8.65. The number of amides is 1. The Balaban J connectivity index is 1.90. The van der Waals surface area contributed by atoms with Crippen LogP contribution >= 0.6 is 7.82 Å². The number of para-hydroxylation sites is 1. The van der Waals surface area contributed by atoms with Crippen molar-refractivity contribution < 1.29 is 46.7 Å². The number of ether oxygens (including phenoxy) is 2. The van der Waals surface area contributed by atoms with Crippen LogP contribution < -0.4 is 10.6 Å². The second-order valence-electron chi connectivity index (χ2n) is 7.42. The summed E-state index contributed by atoms with van der Waals surface area (Å²) in [6.07, 6.45) is -1.12. The number of aromatic nitrogens is 2. The van der Waals surface area contributed by atoms with Gasteiger partial charge in [0.05, 0.1) is 18.2 Å². The standard InChI is InChI=1S/C21H22F2N5O8P/c1-12(10-34-2)24-20(26-19(29)13-7-8-15(22)16(23)9-13)25-18-14-5-3-4-6-17(14)28(27-18)21(30)35-11-36-37(31,32)33/h3-9,12H,10-11H2,1-2H3,(H2,31,32,33)(H2,24,25,26,27,29)/t12-/m0/s1. The van der Waals surface area contributed by atoms with Gasteiger partial charge in [0, 0.05) is 18.1 Å². The normalized spacial score (nSPS) is 12.9. The number of phosphoric acid groups is 1. The molecule has 0 aliphatic heterocycles. The summed E-state index contributed by atoms with van der Waals surface area (Å²) in [4.78, 5) is 46.9. The van der Waals surface area contributed by atoms with Crippen LogP contribution in [-0.2, 0) is 18.6 Å². The number of anilines is 1. The first kappa shape index (κ1) is 27.8. The third kappa shape index (κ3) is 7.62. The third-order valence-electron chi connectivity index (χ3n) is 4.57. The van der Waals surface area contributed by atoms with Crippen molar-refractivity contribution in [1.29, 1.82) is 0 Å². The number of hydrogen-bond donors (Lipinski definition) is 4. The average Bonchev–Trinajstić information content (AvgIpc) is 3.18. The number of rotatable bonds is 8. The predicted octanol–water partition coefficient (Wildman–Crippen LogP) is 2.60. The molecule has 1 heterocycles. The maximum atomic E-state index is 13.6. The molecule has 0 saturated carbocycles. The van der Waals surface area contributed by atoms with E-state index in [1.807, 2.05) is 0 Å². The summed E-state index contributed by atoms with van der Waals surface area (Å²) in [7, 11) is -3.42. The highest BCUT2D eigenvalue weighted by Crippen LogP contribution is 2.35. The minimum Gasteiger partial charge on any atom is -0.420 e. The molecule has 0 saturated heterocycles. The molecule has 2 aromatic carbocycles. The van der Waals surface area contributed by atoms with Crippen molar-refractivity contribution in [2.75, 3.05) is 25.8 Å². The Morgan fingerprint density at radius 3 is 2.59 bits per heavy atom. The fourth-order valence-electron chi connectivity index (χ4n) is 3.03. The number of nitrogens with zero attached hydrogens (tertiary/aromatic N) is 3. The van der Waals surface area contributed by atoms with Gasteiger partial charge in [0.1, 0.15) is 0 Å². The second kappa shape index (κ2) is 12.0. The van der Waals surface area contributed by atoms with Gasteiger partial charge in [-0.05, 0) is 37.3 Å². The Hall–Kier alpha value is -3.75. The van der Waals surface area contributed by atoms with Crippen LogP contribution in [0.15, 0.2) is 47.5 Å². The minimum atomic E-state index is -4.87. The summed E-state index contributed by atoms with van der Waals surface area (Å²) in [5.74, 6) is -3.25. The molecule has 4 N–H and O–H groups in total. The monoisotopic (exact) mass is 541 g/mol. The van der Waals surface area contributed by atoms with Gasteiger partial charge in [-0.1, -0.05) is 12.1 Å². The first-order valence-corrected chi connectivity index (χ1v) is 12.0. The van der Waals surface area contributed by atoms with Crippen molar-refractivity contribution in [3.63, 3.8) is 0 Å². The van der Waals surface area contributed by atoms with Crippen molar-refractivity contribution >= 4 is 42.5 Å². The van der Waals surface area contributed by atoms with Gasteiger partial charge in [-0.25, -0.2) is 27.7 Å². The third-order valence-corrected chi connectivity index (χ3v) is 5.01. The van der Waals surface area contributed by atoms with Gasteiger partial charge in [0.15, 0.2) is 17.5 Å². The van der Waals surface area contributed by atoms with Crippen LogP contribution in [-0.4, -0.2) is 64.1 Å². The van der Waals surface area contributed by atoms with Crippen LogP contribution in [0, 0.1) is 11.6 Å². The SMILES string of the molecule is COC[C@H](C)N=C(NC(=O)c1ccc(F)c(F)c1)Nc1nn(C(=O)OCOP(=O)(O)O)c2ccccc12. The fourth-order valence-corrected chi connectivity index (χ4v) is 3.22. The minimum absolute atomic E-state index is 0.0393. The van der Waals surface area contributed by atoms with Crippen LogP contribution in [0.5, 0.6) is 0 Å². The molecule has 198 valence electrons. The van der Waals surface area contributed by atoms with Gasteiger partial charge in [0.25, 0.3) is 5.91 Å². The Kier molecular flexibility index (Phi) is 9.02. The number of benzene rings is 2. The molecular weight excluding hydrogens is 519 g/mol. The number of nitrogens with one attached hydrogen (secondary N) is 2. The summed E-state index contributed by atoms with van der Waals surface area (Å²) in [5.41, 5.74) is 0.0548. The molecule has 3 rings (SSSR count). The topological polar surface area (TPSA) is 174 Å². The quantitative estimate of drug-likeness (QED) is 0.144. The Morgan fingerprint density at radius 1 is 1.19 bits per heavy atom. The van der Waals surface area contributed by atoms with Gasteiger partial charge in [0.2, 0.25) is 12.8 Å². The summed E-state index contributed by atoms with van der Waals surface area (Å²) in [6.45, 7) is 0.822. The number of guanidine groups is 1. The number of methoxy groups -OCH3 is 1. The maximum absolute atomic E-state index is 13.6. The van der Waals surface area contributed by atoms with Gasteiger partial charge < -0.3 is 24.6 Å². The number of carbonyl (C=O) groups is 2. The lowest BCUT2D eigenvalue weighted by atomic mass is 10.2. The van der Waals surface area contributed by atoms with E-state index in [2.05, 4.69) is 25.2 Å². The van der Waals surface area contributed by atoms with E-state index in [0.717, 1.165) is 22.9 Å². The van der Waals surface area contributed by atoms with E-state index in [1.54, 1.807) is 25.1 Å². The summed E-state index contributed by atoms with van der Waals surface area (Å²) in [6, 6.07) is 8.50. The number of carbonyl (C=O) groups excluding carboxylic acids is 2. The van der Waals surface area contributed by atoms with E-state index in [-0.39, 0.29) is 29.5 Å². The molecule has 0 unspecified atom stereocenters. The van der Waals surface area contributed by atoms with Crippen molar-refractivity contribution in [3.8, 4) is 0 Å². The van der Waals surface area contributed by atoms with Crippen LogP contribution in [0.1, 0.15) is 17.3 Å². The molecule has 0 aliphatic carbocycles. The molecule has 13 nitrogen and oxygen atoms in total. The molecule has 0 radical (unpaired) electrons. The molecular formula is C21H22F2N5O8P. The smallest absolute Gasteiger partial charge is 0.420 e. The molecule has 0 spiro atoms. The van der Waals surface area contributed by atoms with E-state index >= 15 is 0 Å². The molecule has 0 aliphatic rings. The fraction of sp³-hybridized carbons (Fsp3) is 0.238. The summed E-state index contributed by atoms with van der Waals surface area (Å²) < 4.78 is 52.4. The molecule has 0 bridgehead atoms. The van der Waals surface area contributed by atoms with E-state index in [4.69, 9.17) is 19.3 Å². The zero-order chi connectivity index (χ0) is 27.2. The van der Waals surface area contributed by atoms with Crippen molar-refractivity contribution in [1.82, 2.24) is 15.1 Å². The zero-order valence-corrected chi connectivity index (χ0v) is 20.3. The van der Waals surface area contributed by atoms with Crippen LogP contribution in [0.4, 0.5) is 19.4 Å². The Bertz CT molecular complexity index is 1380. The summed E-state index contributed by atoms with van der Waals surface area (Å²) >= 11 is 0. The molecule has 16 heteroatoms. The van der Waals surface area contributed by atoms with E-state index in [0.29, 0.717) is 5.39 Å². The van der Waals surface area contributed by atoms with Gasteiger partial charge in [-0.15, -0.1) is 5.10 Å². The van der Waals surface area contributed by atoms with E-state index in [9.17, 15) is 22.9 Å². The molecule has 37 heavy (non-hydrogen) atoms. The van der Waals surface area contributed by atoms with Crippen LogP contribution in [0.3, 0.4) is 0 Å². The lowest BCUT2D eigenvalue weighted by Crippen LogP contribution is -2.37. The van der Waals surface area contributed by atoms with E-state index in [1.165, 1.54) is 13.2 Å². The Labute approximate surface area is 208 Å². The molecule has 1 aromatic heterocycles. The largest absolute Gasteiger partial charge is 0.472 e. The van der Waals surface area contributed by atoms with Gasteiger partial charge >= 0.3 is 13.9 Å². The lowest BCUT2D eigenvalue weighted by molar-refractivity contribution is 0.0396. The average molecular weight is 541 g/mol. The van der Waals surface area contributed by atoms with Gasteiger partial charge in [-0.3, -0.25) is 10.1 Å². The van der Waals surface area contributed by atoms with E-state index < -0.39 is 44.3 Å². The Morgan fingerprint density at radius 2 is 1.92 bits per heavy atom. The van der Waals surface area contributed by atoms with Crippen molar-refractivity contribution in [3.05, 3.63) is 59.7 Å². The van der Waals surface area contributed by atoms with Crippen LogP contribution in [0.2, 0.25) is 0 Å². The maximum Gasteiger partial charge on any atom is 0.472 e. The molecule has 1 amide bonds.